The van der Waals surface area contributed by atoms with E-state index in [0.29, 0.717) is 0 Å². The first-order valence-corrected chi connectivity index (χ1v) is 6.21. The van der Waals surface area contributed by atoms with Gasteiger partial charge in [-0.2, -0.15) is 0 Å². The topological polar surface area (TPSA) is 49.8 Å². The van der Waals surface area contributed by atoms with Crippen molar-refractivity contribution in [2.24, 2.45) is 0 Å². The minimum Gasteiger partial charge on any atom is -0.480 e. The molecule has 0 radical (unpaired) electrons. The van der Waals surface area contributed by atoms with Crippen molar-refractivity contribution in [3.63, 3.8) is 0 Å². The van der Waals surface area contributed by atoms with Gasteiger partial charge in [-0.15, -0.1) is 0 Å². The van der Waals surface area contributed by atoms with Gasteiger partial charge in [-0.25, -0.2) is 0 Å². The summed E-state index contributed by atoms with van der Waals surface area (Å²) < 4.78 is 4.98. The lowest BCUT2D eigenvalue weighted by molar-refractivity contribution is -0.142. The van der Waals surface area contributed by atoms with Gasteiger partial charge in [0.1, 0.15) is 6.04 Å². The van der Waals surface area contributed by atoms with E-state index >= 15 is 0 Å². The number of nitrogens with zero attached hydrogens (tertiary/aromatic N) is 1. The van der Waals surface area contributed by atoms with E-state index in [1.54, 1.807) is 7.11 Å². The normalized spacial score (nSPS) is 21.4. The van der Waals surface area contributed by atoms with Crippen LogP contribution in [0, 0.1) is 0 Å². The van der Waals surface area contributed by atoms with Gasteiger partial charge in [-0.3, -0.25) is 9.69 Å². The number of carbonyl (C=O) groups is 1. The number of carboxylic acid groups (broad SMARTS) is 1. The summed E-state index contributed by atoms with van der Waals surface area (Å²) in [5, 5.41) is 9.00. The summed E-state index contributed by atoms with van der Waals surface area (Å²) in [5.41, 5.74) is 0. The predicted octanol–water partition coefficient (Wildman–Crippen LogP) is 1.74. The van der Waals surface area contributed by atoms with Crippen molar-refractivity contribution in [2.75, 3.05) is 26.8 Å². The maximum absolute atomic E-state index is 10.9. The molecule has 1 saturated heterocycles. The summed E-state index contributed by atoms with van der Waals surface area (Å²) in [5.74, 6) is -0.656. The van der Waals surface area contributed by atoms with E-state index in [9.17, 15) is 4.79 Å². The van der Waals surface area contributed by atoms with E-state index in [-0.39, 0.29) is 6.04 Å². The first-order chi connectivity index (χ1) is 7.75. The molecular formula is C12H23NO3. The van der Waals surface area contributed by atoms with Crippen molar-refractivity contribution < 1.29 is 14.6 Å². The molecule has 1 heterocycles. The average Bonchev–Trinajstić information content (AvgIpc) is 2.71. The van der Waals surface area contributed by atoms with Gasteiger partial charge in [0.25, 0.3) is 0 Å². The Morgan fingerprint density at radius 3 is 2.81 bits per heavy atom. The fraction of sp³-hybridized carbons (Fsp3) is 0.917. The number of carboxylic acids is 1. The Morgan fingerprint density at radius 2 is 2.12 bits per heavy atom. The van der Waals surface area contributed by atoms with Crippen LogP contribution in [0.4, 0.5) is 0 Å². The second kappa shape index (κ2) is 7.63. The van der Waals surface area contributed by atoms with E-state index in [4.69, 9.17) is 9.84 Å². The molecule has 0 aromatic carbocycles. The Balaban J connectivity index is 2.05. The Kier molecular flexibility index (Phi) is 6.42. The van der Waals surface area contributed by atoms with Crippen molar-refractivity contribution in [2.45, 2.75) is 44.6 Å². The summed E-state index contributed by atoms with van der Waals surface area (Å²) >= 11 is 0. The zero-order valence-corrected chi connectivity index (χ0v) is 10.2. The van der Waals surface area contributed by atoms with Crippen molar-refractivity contribution in [3.8, 4) is 0 Å². The summed E-state index contributed by atoms with van der Waals surface area (Å²) in [4.78, 5) is 13.0. The third kappa shape index (κ3) is 4.49. The fourth-order valence-corrected chi connectivity index (χ4v) is 2.29. The second-order valence-electron chi connectivity index (χ2n) is 4.44. The molecule has 94 valence electrons. The fourth-order valence-electron chi connectivity index (χ4n) is 2.29. The molecule has 1 N–H and O–H groups in total. The molecule has 0 amide bonds. The van der Waals surface area contributed by atoms with Gasteiger partial charge in [0, 0.05) is 13.7 Å². The van der Waals surface area contributed by atoms with Crippen LogP contribution in [-0.2, 0) is 9.53 Å². The van der Waals surface area contributed by atoms with Crippen LogP contribution < -0.4 is 0 Å². The quantitative estimate of drug-likeness (QED) is 0.644. The van der Waals surface area contributed by atoms with Gasteiger partial charge in [-0.05, 0) is 38.8 Å². The van der Waals surface area contributed by atoms with Crippen LogP contribution in [0.15, 0.2) is 0 Å². The van der Waals surface area contributed by atoms with Gasteiger partial charge in [0.2, 0.25) is 0 Å². The highest BCUT2D eigenvalue weighted by Gasteiger charge is 2.29. The molecule has 16 heavy (non-hydrogen) atoms. The summed E-state index contributed by atoms with van der Waals surface area (Å²) in [7, 11) is 1.72. The van der Waals surface area contributed by atoms with E-state index in [1.807, 2.05) is 0 Å². The molecule has 0 aliphatic carbocycles. The average molecular weight is 229 g/mol. The van der Waals surface area contributed by atoms with Gasteiger partial charge in [0.05, 0.1) is 0 Å². The zero-order valence-electron chi connectivity index (χ0n) is 10.2. The van der Waals surface area contributed by atoms with Gasteiger partial charge >= 0.3 is 5.97 Å². The van der Waals surface area contributed by atoms with Crippen molar-refractivity contribution in [3.05, 3.63) is 0 Å². The Hall–Kier alpha value is -0.610. The molecule has 0 aromatic rings. The maximum atomic E-state index is 10.9. The molecule has 1 atom stereocenters. The number of likely N-dealkylation sites (tertiary alicyclic amines) is 1. The Labute approximate surface area is 97.6 Å². The number of hydrogen-bond donors (Lipinski definition) is 1. The third-order valence-electron chi connectivity index (χ3n) is 3.19. The van der Waals surface area contributed by atoms with E-state index in [0.717, 1.165) is 45.4 Å². The zero-order chi connectivity index (χ0) is 11.8. The lowest BCUT2D eigenvalue weighted by atomic mass is 10.2. The molecule has 1 fully saturated rings. The molecule has 4 nitrogen and oxygen atoms in total. The van der Waals surface area contributed by atoms with E-state index < -0.39 is 5.97 Å². The third-order valence-corrected chi connectivity index (χ3v) is 3.19. The lowest BCUT2D eigenvalue weighted by Crippen LogP contribution is -2.36. The number of unbranched alkanes of at least 4 members (excludes halogenated alkanes) is 3. The highest BCUT2D eigenvalue weighted by atomic mass is 16.5. The number of methoxy groups -OCH3 is 1. The monoisotopic (exact) mass is 229 g/mol. The van der Waals surface area contributed by atoms with Crippen LogP contribution in [0.3, 0.4) is 0 Å². The van der Waals surface area contributed by atoms with Crippen LogP contribution in [0.1, 0.15) is 38.5 Å². The standard InChI is InChI=1S/C12H23NO3/c1-16-10-5-3-2-4-8-13-9-6-7-11(13)12(14)15/h11H,2-10H2,1H3,(H,14,15). The highest BCUT2D eigenvalue weighted by Crippen LogP contribution is 2.18. The largest absolute Gasteiger partial charge is 0.480 e. The summed E-state index contributed by atoms with van der Waals surface area (Å²) in [6.45, 7) is 2.72. The van der Waals surface area contributed by atoms with Crippen molar-refractivity contribution in [1.82, 2.24) is 4.90 Å². The SMILES string of the molecule is COCCCCCCN1CCCC1C(=O)O. The van der Waals surface area contributed by atoms with Gasteiger partial charge < -0.3 is 9.84 Å². The minimum atomic E-state index is -0.656. The summed E-state index contributed by atoms with van der Waals surface area (Å²) in [6.07, 6.45) is 6.41. The highest BCUT2D eigenvalue weighted by molar-refractivity contribution is 5.73. The molecular weight excluding hydrogens is 206 g/mol. The first-order valence-electron chi connectivity index (χ1n) is 6.21. The molecule has 1 aliphatic heterocycles. The lowest BCUT2D eigenvalue weighted by Gasteiger charge is -2.20. The maximum Gasteiger partial charge on any atom is 0.320 e. The Bertz CT molecular complexity index is 208. The smallest absolute Gasteiger partial charge is 0.320 e. The number of ether oxygens (including phenoxy) is 1. The first kappa shape index (κ1) is 13.5. The van der Waals surface area contributed by atoms with Crippen molar-refractivity contribution in [1.29, 1.82) is 0 Å². The second-order valence-corrected chi connectivity index (χ2v) is 4.44. The molecule has 0 spiro atoms. The van der Waals surface area contributed by atoms with E-state index in [1.165, 1.54) is 12.8 Å². The molecule has 0 aromatic heterocycles. The molecule has 1 rings (SSSR count). The van der Waals surface area contributed by atoms with Gasteiger partial charge in [0.15, 0.2) is 0 Å². The Morgan fingerprint density at radius 1 is 1.38 bits per heavy atom. The molecule has 4 heteroatoms. The number of aliphatic carboxylic acids is 1. The van der Waals surface area contributed by atoms with Crippen LogP contribution in [0.25, 0.3) is 0 Å². The molecule has 1 aliphatic rings. The number of hydrogen-bond acceptors (Lipinski definition) is 3. The van der Waals surface area contributed by atoms with Crippen molar-refractivity contribution >= 4 is 5.97 Å². The molecule has 0 bridgehead atoms. The van der Waals surface area contributed by atoms with Crippen LogP contribution in [0.2, 0.25) is 0 Å². The van der Waals surface area contributed by atoms with E-state index in [2.05, 4.69) is 4.90 Å². The summed E-state index contributed by atoms with van der Waals surface area (Å²) in [6, 6.07) is -0.223. The van der Waals surface area contributed by atoms with Crippen LogP contribution >= 0.6 is 0 Å². The molecule has 1 unspecified atom stereocenters. The van der Waals surface area contributed by atoms with Gasteiger partial charge in [-0.1, -0.05) is 12.8 Å². The van der Waals surface area contributed by atoms with Crippen LogP contribution in [-0.4, -0.2) is 48.8 Å². The minimum absolute atomic E-state index is 0.223. The van der Waals surface area contributed by atoms with Crippen LogP contribution in [0.5, 0.6) is 0 Å². The number of rotatable bonds is 8. The molecule has 0 saturated carbocycles. The predicted molar refractivity (Wildman–Crippen MR) is 62.6 cm³/mol.